The Morgan fingerprint density at radius 3 is 2.38 bits per heavy atom. The standard InChI is InChI=1S/C23H33F3O6/c24-23(25,26)15-6-5-7-17(12-15)32-14-16(27)10-11-19-18(20(28)13-21(19)29)8-3-1-2-4-9-22(30)31/h5-7,12,16,18-21,27-29H,1-4,8-11,13-14H2,(H,30,31)/t16-,18-,19-,20+,21-/m1/s1. The average molecular weight is 463 g/mol. The van der Waals surface area contributed by atoms with E-state index < -0.39 is 36.0 Å². The first kappa shape index (κ1) is 26.4. The predicted molar refractivity (Wildman–Crippen MR) is 111 cm³/mol. The van der Waals surface area contributed by atoms with Gasteiger partial charge in [-0.05, 0) is 62.1 Å². The molecule has 1 aromatic carbocycles. The highest BCUT2D eigenvalue weighted by atomic mass is 19.4. The Hall–Kier alpha value is -1.84. The molecule has 182 valence electrons. The minimum atomic E-state index is -4.47. The van der Waals surface area contributed by atoms with Gasteiger partial charge in [-0.25, -0.2) is 0 Å². The van der Waals surface area contributed by atoms with Crippen molar-refractivity contribution in [3.63, 3.8) is 0 Å². The van der Waals surface area contributed by atoms with Crippen LogP contribution in [0.25, 0.3) is 0 Å². The van der Waals surface area contributed by atoms with E-state index in [0.717, 1.165) is 31.4 Å². The zero-order valence-electron chi connectivity index (χ0n) is 18.0. The first-order valence-corrected chi connectivity index (χ1v) is 11.1. The third kappa shape index (κ3) is 8.60. The molecule has 0 unspecified atom stereocenters. The second-order valence-electron chi connectivity index (χ2n) is 8.61. The number of carboxylic acid groups (broad SMARTS) is 1. The van der Waals surface area contributed by atoms with Crippen LogP contribution in [0.5, 0.6) is 5.75 Å². The van der Waals surface area contributed by atoms with Gasteiger partial charge in [0.25, 0.3) is 0 Å². The van der Waals surface area contributed by atoms with Crippen LogP contribution in [-0.4, -0.2) is 51.3 Å². The Bertz CT molecular complexity index is 711. The van der Waals surface area contributed by atoms with Gasteiger partial charge in [0.1, 0.15) is 12.4 Å². The maximum Gasteiger partial charge on any atom is 0.416 e. The fraction of sp³-hybridized carbons (Fsp3) is 0.696. The lowest BCUT2D eigenvalue weighted by Gasteiger charge is -2.24. The molecule has 2 rings (SSSR count). The van der Waals surface area contributed by atoms with Gasteiger partial charge >= 0.3 is 12.1 Å². The van der Waals surface area contributed by atoms with Gasteiger partial charge in [0.15, 0.2) is 0 Å². The van der Waals surface area contributed by atoms with E-state index in [-0.39, 0.29) is 37.0 Å². The van der Waals surface area contributed by atoms with Crippen LogP contribution in [0.3, 0.4) is 0 Å². The molecule has 1 aromatic rings. The van der Waals surface area contributed by atoms with Crippen molar-refractivity contribution in [2.24, 2.45) is 11.8 Å². The molecule has 1 aliphatic carbocycles. The van der Waals surface area contributed by atoms with Crippen molar-refractivity contribution < 1.29 is 43.1 Å². The summed E-state index contributed by atoms with van der Waals surface area (Å²) in [5, 5.41) is 39.5. The number of hydrogen-bond donors (Lipinski definition) is 4. The molecule has 9 heteroatoms. The van der Waals surface area contributed by atoms with Crippen LogP contribution in [0.15, 0.2) is 24.3 Å². The molecule has 0 spiro atoms. The topological polar surface area (TPSA) is 107 Å². The number of ether oxygens (including phenoxy) is 1. The van der Waals surface area contributed by atoms with E-state index >= 15 is 0 Å². The van der Waals surface area contributed by atoms with Gasteiger partial charge in [-0.15, -0.1) is 0 Å². The third-order valence-corrected chi connectivity index (χ3v) is 6.14. The molecule has 1 fully saturated rings. The normalized spacial score (nSPS) is 24.4. The maximum absolute atomic E-state index is 12.8. The van der Waals surface area contributed by atoms with Crippen LogP contribution in [0.1, 0.15) is 63.4 Å². The summed E-state index contributed by atoms with van der Waals surface area (Å²) in [5.74, 6) is -1.06. The number of aliphatic hydroxyl groups excluding tert-OH is 3. The van der Waals surface area contributed by atoms with Crippen molar-refractivity contribution in [3.05, 3.63) is 29.8 Å². The highest BCUT2D eigenvalue weighted by Crippen LogP contribution is 2.39. The highest BCUT2D eigenvalue weighted by molar-refractivity contribution is 5.66. The van der Waals surface area contributed by atoms with Gasteiger partial charge in [0.05, 0.1) is 23.9 Å². The Kier molecular flexibility index (Phi) is 10.2. The molecular weight excluding hydrogens is 429 g/mol. The highest BCUT2D eigenvalue weighted by Gasteiger charge is 2.40. The largest absolute Gasteiger partial charge is 0.491 e. The summed E-state index contributed by atoms with van der Waals surface area (Å²) in [5.41, 5.74) is -0.821. The van der Waals surface area contributed by atoms with Crippen LogP contribution in [-0.2, 0) is 11.0 Å². The Balaban J connectivity index is 1.75. The van der Waals surface area contributed by atoms with E-state index in [4.69, 9.17) is 9.84 Å². The molecular formula is C23H33F3O6. The van der Waals surface area contributed by atoms with Crippen molar-refractivity contribution in [3.8, 4) is 5.75 Å². The van der Waals surface area contributed by atoms with Gasteiger partial charge < -0.3 is 25.2 Å². The molecule has 6 nitrogen and oxygen atoms in total. The summed E-state index contributed by atoms with van der Waals surface area (Å²) in [6, 6.07) is 4.47. The van der Waals surface area contributed by atoms with E-state index in [1.54, 1.807) is 0 Å². The summed E-state index contributed by atoms with van der Waals surface area (Å²) < 4.78 is 43.6. The lowest BCUT2D eigenvalue weighted by Crippen LogP contribution is -2.25. The maximum atomic E-state index is 12.8. The molecule has 1 aliphatic rings. The number of unbranched alkanes of at least 4 members (excludes halogenated alkanes) is 3. The number of rotatable bonds is 13. The number of aliphatic hydroxyl groups is 3. The van der Waals surface area contributed by atoms with E-state index in [2.05, 4.69) is 0 Å². The van der Waals surface area contributed by atoms with Crippen LogP contribution in [0.4, 0.5) is 13.2 Å². The first-order chi connectivity index (χ1) is 15.1. The van der Waals surface area contributed by atoms with Crippen molar-refractivity contribution in [1.82, 2.24) is 0 Å². The summed E-state index contributed by atoms with van der Waals surface area (Å²) in [6.07, 6.45) is -1.66. The molecule has 0 aliphatic heterocycles. The molecule has 0 saturated heterocycles. The zero-order chi connectivity index (χ0) is 23.7. The fourth-order valence-corrected chi connectivity index (χ4v) is 4.41. The van der Waals surface area contributed by atoms with Crippen molar-refractivity contribution in [1.29, 1.82) is 0 Å². The Labute approximate surface area is 186 Å². The summed E-state index contributed by atoms with van der Waals surface area (Å²) in [7, 11) is 0. The molecule has 0 aromatic heterocycles. The van der Waals surface area contributed by atoms with Gasteiger partial charge in [0, 0.05) is 6.42 Å². The number of halogens is 3. The number of hydrogen-bond acceptors (Lipinski definition) is 5. The SMILES string of the molecule is O=C(O)CCCCCC[C@@H]1[C@@H](CC[C@@H](O)COc2cccc(C(F)(F)F)c2)[C@H](O)C[C@@H]1O. The smallest absolute Gasteiger partial charge is 0.416 e. The lowest BCUT2D eigenvalue weighted by molar-refractivity contribution is -0.138. The second kappa shape index (κ2) is 12.4. The second-order valence-corrected chi connectivity index (χ2v) is 8.61. The van der Waals surface area contributed by atoms with Gasteiger partial charge in [-0.3, -0.25) is 4.79 Å². The molecule has 0 bridgehead atoms. The van der Waals surface area contributed by atoms with Crippen LogP contribution < -0.4 is 4.74 Å². The summed E-state index contributed by atoms with van der Waals surface area (Å²) in [6.45, 7) is -0.166. The number of aliphatic carboxylic acids is 1. The molecule has 0 amide bonds. The lowest BCUT2D eigenvalue weighted by atomic mass is 9.85. The third-order valence-electron chi connectivity index (χ3n) is 6.14. The van der Waals surface area contributed by atoms with E-state index in [1.165, 1.54) is 12.1 Å². The average Bonchev–Trinajstić information content (AvgIpc) is 2.99. The zero-order valence-corrected chi connectivity index (χ0v) is 18.0. The fourth-order valence-electron chi connectivity index (χ4n) is 4.41. The van der Waals surface area contributed by atoms with Crippen molar-refractivity contribution in [2.75, 3.05) is 6.61 Å². The van der Waals surface area contributed by atoms with Crippen LogP contribution in [0.2, 0.25) is 0 Å². The Morgan fingerprint density at radius 2 is 1.72 bits per heavy atom. The predicted octanol–water partition coefficient (Wildman–Crippen LogP) is 4.01. The number of carbonyl (C=O) groups is 1. The number of alkyl halides is 3. The first-order valence-electron chi connectivity index (χ1n) is 11.1. The van der Waals surface area contributed by atoms with Crippen molar-refractivity contribution >= 4 is 5.97 Å². The Morgan fingerprint density at radius 1 is 1.06 bits per heavy atom. The minimum absolute atomic E-state index is 0.0240. The molecule has 4 N–H and O–H groups in total. The minimum Gasteiger partial charge on any atom is -0.491 e. The quantitative estimate of drug-likeness (QED) is 0.330. The monoisotopic (exact) mass is 462 g/mol. The van der Waals surface area contributed by atoms with E-state index in [0.29, 0.717) is 25.7 Å². The number of benzene rings is 1. The van der Waals surface area contributed by atoms with Crippen molar-refractivity contribution in [2.45, 2.75) is 82.3 Å². The molecule has 1 saturated carbocycles. The molecule has 32 heavy (non-hydrogen) atoms. The van der Waals surface area contributed by atoms with Crippen LogP contribution >= 0.6 is 0 Å². The molecule has 0 heterocycles. The van der Waals surface area contributed by atoms with Crippen LogP contribution in [0, 0.1) is 11.8 Å². The van der Waals surface area contributed by atoms with E-state index in [9.17, 15) is 33.3 Å². The number of carboxylic acids is 1. The molecule has 0 radical (unpaired) electrons. The summed E-state index contributed by atoms with van der Waals surface area (Å²) >= 11 is 0. The van der Waals surface area contributed by atoms with Gasteiger partial charge in [0.2, 0.25) is 0 Å². The summed E-state index contributed by atoms with van der Waals surface area (Å²) in [4.78, 5) is 10.5. The van der Waals surface area contributed by atoms with Gasteiger partial charge in [-0.2, -0.15) is 13.2 Å². The van der Waals surface area contributed by atoms with Gasteiger partial charge in [-0.1, -0.05) is 25.3 Å². The van der Waals surface area contributed by atoms with E-state index in [1.807, 2.05) is 0 Å². The molecule has 5 atom stereocenters.